The fourth-order valence-electron chi connectivity index (χ4n) is 2.91. The van der Waals surface area contributed by atoms with Gasteiger partial charge in [-0.15, -0.1) is 0 Å². The van der Waals surface area contributed by atoms with Crippen molar-refractivity contribution in [3.63, 3.8) is 0 Å². The molecule has 1 saturated heterocycles. The Bertz CT molecular complexity index is 903. The summed E-state index contributed by atoms with van der Waals surface area (Å²) >= 11 is 0. The van der Waals surface area contributed by atoms with Gasteiger partial charge in [0, 0.05) is 45.0 Å². The smallest absolute Gasteiger partial charge is 0.251 e. The topological polar surface area (TPSA) is 79.0 Å². The van der Waals surface area contributed by atoms with E-state index < -0.39 is 10.0 Å². The van der Waals surface area contributed by atoms with Gasteiger partial charge in [-0.05, 0) is 42.0 Å². The van der Waals surface area contributed by atoms with E-state index in [9.17, 15) is 13.2 Å². The number of nitrogens with one attached hydrogen (secondary N) is 1. The van der Waals surface area contributed by atoms with Crippen molar-refractivity contribution < 1.29 is 17.9 Å². The van der Waals surface area contributed by atoms with Crippen LogP contribution in [0.5, 0.6) is 0 Å². The lowest BCUT2D eigenvalue weighted by atomic mass is 10.1. The van der Waals surface area contributed by atoms with E-state index in [1.54, 1.807) is 36.4 Å². The number of morpholine rings is 1. The van der Waals surface area contributed by atoms with Gasteiger partial charge in [0.25, 0.3) is 5.91 Å². The predicted octanol–water partition coefficient (Wildman–Crippen LogP) is 1.70. The molecule has 0 saturated carbocycles. The molecule has 3 rings (SSSR count). The lowest BCUT2D eigenvalue weighted by Crippen LogP contribution is -2.40. The second-order valence-electron chi connectivity index (χ2n) is 6.78. The van der Waals surface area contributed by atoms with E-state index in [1.165, 1.54) is 4.31 Å². The number of ether oxygens (including phenoxy) is 1. The first-order valence-electron chi connectivity index (χ1n) is 9.10. The van der Waals surface area contributed by atoms with Gasteiger partial charge < -0.3 is 15.0 Å². The van der Waals surface area contributed by atoms with E-state index in [2.05, 4.69) is 5.32 Å². The summed E-state index contributed by atoms with van der Waals surface area (Å²) in [5, 5.41) is 2.86. The van der Waals surface area contributed by atoms with E-state index in [0.29, 0.717) is 38.4 Å². The highest BCUT2D eigenvalue weighted by molar-refractivity contribution is 7.89. The second kappa shape index (κ2) is 8.72. The number of benzene rings is 2. The van der Waals surface area contributed by atoms with Gasteiger partial charge in [-0.2, -0.15) is 4.31 Å². The van der Waals surface area contributed by atoms with Crippen LogP contribution < -0.4 is 10.2 Å². The molecule has 0 bridgehead atoms. The summed E-state index contributed by atoms with van der Waals surface area (Å²) in [6, 6.07) is 14.0. The molecule has 1 heterocycles. The van der Waals surface area contributed by atoms with Crippen molar-refractivity contribution in [3.8, 4) is 0 Å². The average Bonchev–Trinajstić information content (AvgIpc) is 2.73. The molecule has 7 nitrogen and oxygen atoms in total. The van der Waals surface area contributed by atoms with Gasteiger partial charge in [-0.3, -0.25) is 4.79 Å². The Kier molecular flexibility index (Phi) is 6.33. The summed E-state index contributed by atoms with van der Waals surface area (Å²) in [7, 11) is 0.383. The molecule has 0 radical (unpaired) electrons. The molecular formula is C20H25N3O4S. The SMILES string of the molecule is CN(C)c1ccc(C(=O)NCc2ccc(S(=O)(=O)N3CCOCC3)cc2)cc1. The Hall–Kier alpha value is -2.42. The van der Waals surface area contributed by atoms with Crippen molar-refractivity contribution in [1.82, 2.24) is 9.62 Å². The Balaban J connectivity index is 1.60. The van der Waals surface area contributed by atoms with Crippen LogP contribution in [0.4, 0.5) is 5.69 Å². The molecule has 2 aromatic carbocycles. The fourth-order valence-corrected chi connectivity index (χ4v) is 4.32. The predicted molar refractivity (Wildman–Crippen MR) is 108 cm³/mol. The van der Waals surface area contributed by atoms with Crippen LogP contribution in [0.15, 0.2) is 53.4 Å². The first-order chi connectivity index (χ1) is 13.4. The molecule has 1 aliphatic rings. The van der Waals surface area contributed by atoms with Crippen molar-refractivity contribution in [2.45, 2.75) is 11.4 Å². The summed E-state index contributed by atoms with van der Waals surface area (Å²) in [6.45, 7) is 1.89. The largest absolute Gasteiger partial charge is 0.379 e. The van der Waals surface area contributed by atoms with Gasteiger partial charge in [-0.1, -0.05) is 12.1 Å². The van der Waals surface area contributed by atoms with Crippen molar-refractivity contribution >= 4 is 21.6 Å². The van der Waals surface area contributed by atoms with Gasteiger partial charge in [0.2, 0.25) is 10.0 Å². The molecule has 2 aromatic rings. The molecule has 0 aliphatic carbocycles. The molecule has 150 valence electrons. The lowest BCUT2D eigenvalue weighted by molar-refractivity contribution is 0.0730. The highest BCUT2D eigenvalue weighted by Crippen LogP contribution is 2.18. The molecule has 0 aromatic heterocycles. The zero-order valence-electron chi connectivity index (χ0n) is 16.1. The van der Waals surface area contributed by atoms with Crippen molar-refractivity contribution in [2.75, 3.05) is 45.3 Å². The maximum absolute atomic E-state index is 12.6. The van der Waals surface area contributed by atoms with Crippen LogP contribution in [0.1, 0.15) is 15.9 Å². The standard InChI is InChI=1S/C20H25N3O4S/c1-22(2)18-7-5-17(6-8-18)20(24)21-15-16-3-9-19(10-4-16)28(25,26)23-11-13-27-14-12-23/h3-10H,11-15H2,1-2H3,(H,21,24). The third-order valence-electron chi connectivity index (χ3n) is 4.63. The molecule has 0 unspecified atom stereocenters. The maximum atomic E-state index is 12.6. The monoisotopic (exact) mass is 403 g/mol. The number of rotatable bonds is 6. The number of hydrogen-bond donors (Lipinski definition) is 1. The van der Waals surface area contributed by atoms with Crippen LogP contribution in [0, 0.1) is 0 Å². The molecule has 1 N–H and O–H groups in total. The quantitative estimate of drug-likeness (QED) is 0.794. The highest BCUT2D eigenvalue weighted by atomic mass is 32.2. The van der Waals surface area contributed by atoms with Crippen molar-refractivity contribution in [2.24, 2.45) is 0 Å². The zero-order chi connectivity index (χ0) is 20.1. The van der Waals surface area contributed by atoms with Crippen LogP contribution >= 0.6 is 0 Å². The van der Waals surface area contributed by atoms with Crippen molar-refractivity contribution in [3.05, 3.63) is 59.7 Å². The molecule has 8 heteroatoms. The first-order valence-corrected chi connectivity index (χ1v) is 10.5. The van der Waals surface area contributed by atoms with E-state index in [0.717, 1.165) is 11.3 Å². The minimum atomic E-state index is -3.50. The van der Waals surface area contributed by atoms with Crippen LogP contribution in [-0.2, 0) is 21.3 Å². The molecule has 1 fully saturated rings. The fraction of sp³-hybridized carbons (Fsp3) is 0.350. The summed E-state index contributed by atoms with van der Waals surface area (Å²) in [5.74, 6) is -0.171. The number of nitrogens with zero attached hydrogens (tertiary/aromatic N) is 2. The third kappa shape index (κ3) is 4.70. The number of carbonyl (C=O) groups is 1. The summed E-state index contributed by atoms with van der Waals surface area (Å²) in [6.07, 6.45) is 0. The number of hydrogen-bond acceptors (Lipinski definition) is 5. The lowest BCUT2D eigenvalue weighted by Gasteiger charge is -2.26. The van der Waals surface area contributed by atoms with Crippen LogP contribution in [0.2, 0.25) is 0 Å². The van der Waals surface area contributed by atoms with E-state index in [4.69, 9.17) is 4.74 Å². The number of carbonyl (C=O) groups excluding carboxylic acids is 1. The summed E-state index contributed by atoms with van der Waals surface area (Å²) in [4.78, 5) is 14.5. The first kappa shape index (κ1) is 20.3. The second-order valence-corrected chi connectivity index (χ2v) is 8.72. The summed E-state index contributed by atoms with van der Waals surface area (Å²) < 4.78 is 31.9. The van der Waals surface area contributed by atoms with Crippen molar-refractivity contribution in [1.29, 1.82) is 0 Å². The zero-order valence-corrected chi connectivity index (χ0v) is 16.9. The number of amides is 1. The molecule has 1 amide bonds. The minimum absolute atomic E-state index is 0.171. The average molecular weight is 404 g/mol. The van der Waals surface area contributed by atoms with E-state index in [1.807, 2.05) is 31.1 Å². The molecule has 1 aliphatic heterocycles. The Morgan fingerprint density at radius 3 is 2.21 bits per heavy atom. The van der Waals surface area contributed by atoms with Gasteiger partial charge in [0.15, 0.2) is 0 Å². The number of anilines is 1. The third-order valence-corrected chi connectivity index (χ3v) is 6.54. The van der Waals surface area contributed by atoms with E-state index in [-0.39, 0.29) is 10.8 Å². The molecule has 28 heavy (non-hydrogen) atoms. The van der Waals surface area contributed by atoms with Gasteiger partial charge >= 0.3 is 0 Å². The minimum Gasteiger partial charge on any atom is -0.379 e. The van der Waals surface area contributed by atoms with Gasteiger partial charge in [0.05, 0.1) is 18.1 Å². The Morgan fingerprint density at radius 2 is 1.64 bits per heavy atom. The van der Waals surface area contributed by atoms with Gasteiger partial charge in [0.1, 0.15) is 0 Å². The van der Waals surface area contributed by atoms with Crippen LogP contribution in [0.3, 0.4) is 0 Å². The maximum Gasteiger partial charge on any atom is 0.251 e. The molecular weight excluding hydrogens is 378 g/mol. The Morgan fingerprint density at radius 1 is 1.04 bits per heavy atom. The van der Waals surface area contributed by atoms with Gasteiger partial charge in [-0.25, -0.2) is 8.42 Å². The normalized spacial score (nSPS) is 15.2. The molecule has 0 spiro atoms. The highest BCUT2D eigenvalue weighted by Gasteiger charge is 2.26. The number of sulfonamides is 1. The summed E-state index contributed by atoms with van der Waals surface area (Å²) in [5.41, 5.74) is 2.44. The molecule has 0 atom stereocenters. The van der Waals surface area contributed by atoms with E-state index >= 15 is 0 Å². The van der Waals surface area contributed by atoms with Crippen LogP contribution in [-0.4, -0.2) is 59.0 Å². The van der Waals surface area contributed by atoms with Crippen LogP contribution in [0.25, 0.3) is 0 Å². The Labute approximate surface area is 166 Å².